The fraction of sp³-hybridized carbons (Fsp3) is 0. The van der Waals surface area contributed by atoms with E-state index in [9.17, 15) is 18.0 Å². The van der Waals surface area contributed by atoms with Crippen LogP contribution in [0.15, 0.2) is 58.5 Å². The van der Waals surface area contributed by atoms with Crippen LogP contribution in [0.3, 0.4) is 0 Å². The van der Waals surface area contributed by atoms with Crippen molar-refractivity contribution in [3.63, 3.8) is 0 Å². The number of anilines is 1. The third-order valence-corrected chi connectivity index (χ3v) is 4.69. The Balaban J connectivity index is 2.04. The third kappa shape index (κ3) is 2.84. The molecule has 2 heterocycles. The molecule has 0 aliphatic rings. The van der Waals surface area contributed by atoms with Crippen LogP contribution in [0.2, 0.25) is 0 Å². The highest BCUT2D eigenvalue weighted by Gasteiger charge is 2.20. The number of carbonyl (C=O) groups is 1. The van der Waals surface area contributed by atoms with Crippen molar-refractivity contribution in [2.75, 3.05) is 4.72 Å². The molecule has 8 nitrogen and oxygen atoms in total. The molecule has 3 aromatic rings. The van der Waals surface area contributed by atoms with E-state index in [1.54, 1.807) is 0 Å². The quantitative estimate of drug-likeness (QED) is 0.656. The van der Waals surface area contributed by atoms with E-state index >= 15 is 0 Å². The maximum atomic E-state index is 12.6. The second-order valence-corrected chi connectivity index (χ2v) is 6.52. The maximum absolute atomic E-state index is 12.6. The smallest absolute Gasteiger partial charge is 0.335 e. The fourth-order valence-corrected chi connectivity index (χ4v) is 3.35. The largest absolute Gasteiger partial charge is 0.478 e. The second-order valence-electron chi connectivity index (χ2n) is 4.87. The van der Waals surface area contributed by atoms with Crippen molar-refractivity contribution in [3.8, 4) is 0 Å². The molecule has 0 saturated heterocycles. The van der Waals surface area contributed by atoms with E-state index in [-0.39, 0.29) is 27.0 Å². The second kappa shape index (κ2) is 5.78. The average Bonchev–Trinajstić information content (AvgIpc) is 2.55. The van der Waals surface area contributed by atoms with Crippen LogP contribution in [-0.2, 0) is 10.0 Å². The Hall–Kier alpha value is -3.20. The van der Waals surface area contributed by atoms with E-state index < -0.39 is 21.6 Å². The van der Waals surface area contributed by atoms with Crippen molar-refractivity contribution in [1.82, 2.24) is 9.97 Å². The summed E-state index contributed by atoms with van der Waals surface area (Å²) in [6, 6.07) is 8.24. The molecule has 0 atom stereocenters. The van der Waals surface area contributed by atoms with Gasteiger partial charge in [-0.15, -0.1) is 0 Å². The SMILES string of the molecule is O=C(O)c1ccc(NS(=O)(=O)c2c[nH]c(=O)c3cccnc23)cc1. The van der Waals surface area contributed by atoms with Gasteiger partial charge in [0.1, 0.15) is 4.90 Å². The summed E-state index contributed by atoms with van der Waals surface area (Å²) < 4.78 is 27.4. The van der Waals surface area contributed by atoms with Crippen LogP contribution in [0, 0.1) is 0 Å². The fourth-order valence-electron chi connectivity index (χ4n) is 2.16. The molecule has 0 unspecified atom stereocenters. The zero-order valence-corrected chi connectivity index (χ0v) is 12.9. The predicted molar refractivity (Wildman–Crippen MR) is 86.6 cm³/mol. The summed E-state index contributed by atoms with van der Waals surface area (Å²) in [5.41, 5.74) is -0.164. The van der Waals surface area contributed by atoms with Gasteiger partial charge < -0.3 is 10.1 Å². The highest BCUT2D eigenvalue weighted by molar-refractivity contribution is 7.93. The van der Waals surface area contributed by atoms with Gasteiger partial charge >= 0.3 is 5.97 Å². The van der Waals surface area contributed by atoms with E-state index in [1.165, 1.54) is 42.6 Å². The number of hydrogen-bond donors (Lipinski definition) is 3. The normalized spacial score (nSPS) is 11.3. The number of sulfonamides is 1. The van der Waals surface area contributed by atoms with Gasteiger partial charge in [0.15, 0.2) is 0 Å². The summed E-state index contributed by atoms with van der Waals surface area (Å²) >= 11 is 0. The Kier molecular flexibility index (Phi) is 3.78. The van der Waals surface area contributed by atoms with Gasteiger partial charge in [-0.25, -0.2) is 13.2 Å². The average molecular weight is 345 g/mol. The molecule has 3 N–H and O–H groups in total. The van der Waals surface area contributed by atoms with E-state index in [2.05, 4.69) is 14.7 Å². The summed E-state index contributed by atoms with van der Waals surface area (Å²) in [6.07, 6.45) is 2.47. The highest BCUT2D eigenvalue weighted by Crippen LogP contribution is 2.20. The number of carboxylic acids is 1. The van der Waals surface area contributed by atoms with Crippen molar-refractivity contribution < 1.29 is 18.3 Å². The van der Waals surface area contributed by atoms with Crippen LogP contribution in [0.5, 0.6) is 0 Å². The number of rotatable bonds is 4. The predicted octanol–water partition coefficient (Wildman–Crippen LogP) is 1.42. The number of carboxylic acid groups (broad SMARTS) is 1. The van der Waals surface area contributed by atoms with Crippen LogP contribution in [0.4, 0.5) is 5.69 Å². The number of nitrogens with one attached hydrogen (secondary N) is 2. The van der Waals surface area contributed by atoms with Gasteiger partial charge in [-0.3, -0.25) is 14.5 Å². The minimum Gasteiger partial charge on any atom is -0.478 e. The van der Waals surface area contributed by atoms with E-state index in [4.69, 9.17) is 5.11 Å². The standard InChI is InChI=1S/C15H11N3O5S/c19-14-11-2-1-7-16-13(11)12(8-17-14)24(22,23)18-10-5-3-9(4-6-10)15(20)21/h1-8,18H,(H,17,19)(H,20,21). The highest BCUT2D eigenvalue weighted by atomic mass is 32.2. The van der Waals surface area contributed by atoms with Crippen molar-refractivity contribution in [1.29, 1.82) is 0 Å². The van der Waals surface area contributed by atoms with Crippen molar-refractivity contribution in [2.24, 2.45) is 0 Å². The van der Waals surface area contributed by atoms with Crippen LogP contribution < -0.4 is 10.3 Å². The molecule has 0 saturated carbocycles. The number of H-pyrrole nitrogens is 1. The van der Waals surface area contributed by atoms with Gasteiger partial charge in [0, 0.05) is 18.1 Å². The first-order valence-corrected chi connectivity index (χ1v) is 8.19. The monoisotopic (exact) mass is 345 g/mol. The Labute approximate surface area is 135 Å². The first-order chi connectivity index (χ1) is 11.4. The first kappa shape index (κ1) is 15.7. The summed E-state index contributed by atoms with van der Waals surface area (Å²) in [5, 5.41) is 9.00. The molecule has 9 heteroatoms. The number of aromatic carboxylic acids is 1. The van der Waals surface area contributed by atoms with Crippen LogP contribution in [0.25, 0.3) is 10.9 Å². The molecule has 0 amide bonds. The Morgan fingerprint density at radius 1 is 1.17 bits per heavy atom. The summed E-state index contributed by atoms with van der Waals surface area (Å²) in [4.78, 5) is 28.7. The molecule has 0 aliphatic heterocycles. The number of benzene rings is 1. The molecule has 2 aromatic heterocycles. The lowest BCUT2D eigenvalue weighted by Gasteiger charge is -2.09. The lowest BCUT2D eigenvalue weighted by Crippen LogP contribution is -2.17. The molecular formula is C15H11N3O5S. The maximum Gasteiger partial charge on any atom is 0.335 e. The van der Waals surface area contributed by atoms with Gasteiger partial charge in [-0.05, 0) is 36.4 Å². The molecule has 1 aromatic carbocycles. The third-order valence-electron chi connectivity index (χ3n) is 3.29. The van der Waals surface area contributed by atoms with Crippen molar-refractivity contribution in [3.05, 3.63) is 64.7 Å². The molecule has 24 heavy (non-hydrogen) atoms. The van der Waals surface area contributed by atoms with Crippen LogP contribution in [-0.4, -0.2) is 29.5 Å². The topological polar surface area (TPSA) is 129 Å². The number of hydrogen-bond acceptors (Lipinski definition) is 5. The van der Waals surface area contributed by atoms with Gasteiger partial charge in [-0.1, -0.05) is 0 Å². The molecule has 0 radical (unpaired) electrons. The Bertz CT molecular complexity index is 1090. The van der Waals surface area contributed by atoms with E-state index in [0.717, 1.165) is 6.20 Å². The van der Waals surface area contributed by atoms with Crippen LogP contribution >= 0.6 is 0 Å². The van der Waals surface area contributed by atoms with Crippen molar-refractivity contribution >= 4 is 32.6 Å². The zero-order valence-electron chi connectivity index (χ0n) is 12.1. The molecular weight excluding hydrogens is 334 g/mol. The number of nitrogens with zero attached hydrogens (tertiary/aromatic N) is 1. The molecule has 0 bridgehead atoms. The zero-order chi connectivity index (χ0) is 17.3. The van der Waals surface area contributed by atoms with Gasteiger partial charge in [0.25, 0.3) is 15.6 Å². The molecule has 0 spiro atoms. The lowest BCUT2D eigenvalue weighted by molar-refractivity contribution is 0.0697. The number of aromatic nitrogens is 2. The van der Waals surface area contributed by atoms with Gasteiger partial charge in [0.2, 0.25) is 0 Å². The summed E-state index contributed by atoms with van der Waals surface area (Å²) in [7, 11) is -4.02. The minimum absolute atomic E-state index is 0.0362. The summed E-state index contributed by atoms with van der Waals surface area (Å²) in [5.74, 6) is -1.11. The minimum atomic E-state index is -4.02. The Morgan fingerprint density at radius 2 is 1.88 bits per heavy atom. The molecule has 0 aliphatic carbocycles. The Morgan fingerprint density at radius 3 is 2.54 bits per heavy atom. The van der Waals surface area contributed by atoms with Crippen molar-refractivity contribution in [2.45, 2.75) is 4.90 Å². The summed E-state index contributed by atoms with van der Waals surface area (Å²) in [6.45, 7) is 0. The van der Waals surface area contributed by atoms with Gasteiger partial charge in [0.05, 0.1) is 16.5 Å². The van der Waals surface area contributed by atoms with Gasteiger partial charge in [-0.2, -0.15) is 0 Å². The molecule has 3 rings (SSSR count). The number of aromatic amines is 1. The van der Waals surface area contributed by atoms with Crippen LogP contribution in [0.1, 0.15) is 10.4 Å². The van der Waals surface area contributed by atoms with E-state index in [1.807, 2.05) is 0 Å². The first-order valence-electron chi connectivity index (χ1n) is 6.71. The molecule has 122 valence electrons. The number of fused-ring (bicyclic) bond motifs is 1. The molecule has 0 fully saturated rings. The lowest BCUT2D eigenvalue weighted by atomic mass is 10.2. The number of pyridine rings is 2. The van der Waals surface area contributed by atoms with E-state index in [0.29, 0.717) is 0 Å².